The fraction of sp³-hybridized carbons (Fsp3) is 0.0312. The lowest BCUT2D eigenvalue weighted by Crippen LogP contribution is -2.19. The number of carbonyl (C=O) groups is 2. The summed E-state index contributed by atoms with van der Waals surface area (Å²) in [5.74, 6) is -0.220. The largest absolute Gasteiger partial charge is 0.323 e. The van der Waals surface area contributed by atoms with Crippen LogP contribution in [0.5, 0.6) is 0 Å². The minimum atomic E-state index is -3.32. The van der Waals surface area contributed by atoms with Gasteiger partial charge in [-0.15, -0.1) is 0 Å². The molecular weight excluding hydrogens is 616 g/mol. The number of nitrogens with zero attached hydrogens (tertiary/aromatic N) is 2. The number of rotatable bonds is 8. The van der Waals surface area contributed by atoms with Crippen molar-refractivity contribution in [2.45, 2.75) is 4.90 Å². The van der Waals surface area contributed by atoms with Crippen LogP contribution in [-0.2, 0) is 9.84 Å². The number of hydrogen-bond acceptors (Lipinski definition) is 5. The van der Waals surface area contributed by atoms with Crippen molar-refractivity contribution in [3.8, 4) is 16.9 Å². The molecule has 0 aliphatic carbocycles. The molecule has 0 radical (unpaired) electrons. The van der Waals surface area contributed by atoms with Crippen molar-refractivity contribution in [2.75, 3.05) is 16.9 Å². The van der Waals surface area contributed by atoms with Crippen molar-refractivity contribution < 1.29 is 18.0 Å². The Morgan fingerprint density at radius 1 is 0.810 bits per heavy atom. The molecule has 0 saturated carbocycles. The highest BCUT2D eigenvalue weighted by molar-refractivity contribution is 9.10. The third-order valence-electron chi connectivity index (χ3n) is 6.26. The van der Waals surface area contributed by atoms with Gasteiger partial charge < -0.3 is 10.6 Å². The molecule has 1 aromatic heterocycles. The number of para-hydroxylation sites is 1. The maximum Gasteiger partial charge on any atom is 0.323 e. The number of carbonyl (C=O) groups excluding carboxylic acids is 2. The van der Waals surface area contributed by atoms with Gasteiger partial charge in [-0.1, -0.05) is 46.3 Å². The molecule has 0 spiro atoms. The van der Waals surface area contributed by atoms with Crippen LogP contribution >= 0.6 is 15.9 Å². The van der Waals surface area contributed by atoms with E-state index >= 15 is 0 Å². The Morgan fingerprint density at radius 3 is 2.05 bits per heavy atom. The van der Waals surface area contributed by atoms with Crippen LogP contribution in [0.25, 0.3) is 23.0 Å². The molecule has 0 aliphatic rings. The number of amides is 2. The number of ketones is 1. The second-order valence-corrected chi connectivity index (χ2v) is 12.3. The standard InChI is InChI=1S/C32H25BrN4O4S/c1-42(40,41)29-18-16-28(17-19-29)37-21-24(31(36-37)23-7-12-25(33)13-8-23)11-20-30(38)22-9-14-27(15-10-22)35-32(39)34-26-5-3-2-4-6-26/h2-21H,1H3,(H2,34,35,39)/b20-11+. The summed E-state index contributed by atoms with van der Waals surface area (Å²) in [6.07, 6.45) is 6.12. The van der Waals surface area contributed by atoms with Gasteiger partial charge in [0.05, 0.1) is 16.3 Å². The second kappa shape index (κ2) is 12.4. The van der Waals surface area contributed by atoms with Crippen LogP contribution in [0.15, 0.2) is 125 Å². The van der Waals surface area contributed by atoms with Crippen molar-refractivity contribution in [1.82, 2.24) is 9.78 Å². The summed E-state index contributed by atoms with van der Waals surface area (Å²) >= 11 is 3.45. The monoisotopic (exact) mass is 640 g/mol. The highest BCUT2D eigenvalue weighted by Gasteiger charge is 2.13. The Kier molecular flexibility index (Phi) is 8.46. The van der Waals surface area contributed by atoms with Crippen molar-refractivity contribution in [1.29, 1.82) is 0 Å². The highest BCUT2D eigenvalue weighted by Crippen LogP contribution is 2.27. The van der Waals surface area contributed by atoms with Gasteiger partial charge >= 0.3 is 6.03 Å². The normalized spacial score (nSPS) is 11.4. The predicted octanol–water partition coefficient (Wildman–Crippen LogP) is 7.25. The van der Waals surface area contributed by atoms with Crippen LogP contribution in [0.4, 0.5) is 16.2 Å². The summed E-state index contributed by atoms with van der Waals surface area (Å²) < 4.78 is 26.3. The Hall–Kier alpha value is -4.80. The molecule has 0 atom stereocenters. The molecule has 4 aromatic carbocycles. The van der Waals surface area contributed by atoms with E-state index in [0.717, 1.165) is 16.3 Å². The number of nitrogens with one attached hydrogen (secondary N) is 2. The van der Waals surface area contributed by atoms with Crippen LogP contribution in [-0.4, -0.2) is 36.3 Å². The van der Waals surface area contributed by atoms with Gasteiger partial charge in [-0.3, -0.25) is 4.79 Å². The lowest BCUT2D eigenvalue weighted by Gasteiger charge is -2.07. The third kappa shape index (κ3) is 7.09. The Balaban J connectivity index is 1.35. The first-order valence-corrected chi connectivity index (χ1v) is 15.5. The Bertz CT molecular complexity index is 1870. The molecule has 42 heavy (non-hydrogen) atoms. The zero-order chi connectivity index (χ0) is 29.7. The summed E-state index contributed by atoms with van der Waals surface area (Å²) in [6, 6.07) is 29.4. The summed E-state index contributed by atoms with van der Waals surface area (Å²) in [7, 11) is -3.32. The first kappa shape index (κ1) is 28.7. The minimum Gasteiger partial charge on any atom is -0.308 e. The number of anilines is 2. The molecule has 0 unspecified atom stereocenters. The SMILES string of the molecule is CS(=O)(=O)c1ccc(-n2cc(/C=C/C(=O)c3ccc(NC(=O)Nc4ccccc4)cc3)c(-c3ccc(Br)cc3)n2)cc1. The van der Waals surface area contributed by atoms with Gasteiger partial charge in [0.25, 0.3) is 0 Å². The van der Waals surface area contributed by atoms with E-state index in [-0.39, 0.29) is 16.7 Å². The van der Waals surface area contributed by atoms with Gasteiger partial charge in [0.2, 0.25) is 0 Å². The van der Waals surface area contributed by atoms with Gasteiger partial charge in [0.1, 0.15) is 0 Å². The average Bonchev–Trinajstić information content (AvgIpc) is 3.41. The van der Waals surface area contributed by atoms with Crippen molar-refractivity contribution in [2.24, 2.45) is 0 Å². The van der Waals surface area contributed by atoms with Crippen LogP contribution in [0.2, 0.25) is 0 Å². The quantitative estimate of drug-likeness (QED) is 0.137. The van der Waals surface area contributed by atoms with E-state index in [1.54, 1.807) is 65.5 Å². The van der Waals surface area contributed by atoms with Crippen molar-refractivity contribution >= 4 is 55.0 Å². The predicted molar refractivity (Wildman–Crippen MR) is 169 cm³/mol. The van der Waals surface area contributed by atoms with E-state index < -0.39 is 9.84 Å². The lowest BCUT2D eigenvalue weighted by atomic mass is 10.1. The molecule has 2 N–H and O–H groups in total. The Labute approximate surface area is 251 Å². The van der Waals surface area contributed by atoms with Crippen molar-refractivity contribution in [3.63, 3.8) is 0 Å². The number of benzene rings is 4. The van der Waals surface area contributed by atoms with Crippen LogP contribution < -0.4 is 10.6 Å². The molecule has 0 fully saturated rings. The van der Waals surface area contributed by atoms with E-state index in [4.69, 9.17) is 5.10 Å². The molecule has 0 bridgehead atoms. The molecule has 1 heterocycles. The second-order valence-electron chi connectivity index (χ2n) is 9.37. The van der Waals surface area contributed by atoms with Gasteiger partial charge in [-0.05, 0) is 84.9 Å². The van der Waals surface area contributed by atoms with Crippen molar-refractivity contribution in [3.05, 3.63) is 131 Å². The summed E-state index contributed by atoms with van der Waals surface area (Å²) in [4.78, 5) is 25.5. The van der Waals surface area contributed by atoms with E-state index in [2.05, 4.69) is 26.6 Å². The first-order chi connectivity index (χ1) is 20.2. The number of aromatic nitrogens is 2. The summed E-state index contributed by atoms with van der Waals surface area (Å²) in [5.41, 5.74) is 4.55. The molecule has 5 aromatic rings. The summed E-state index contributed by atoms with van der Waals surface area (Å²) in [6.45, 7) is 0. The fourth-order valence-electron chi connectivity index (χ4n) is 4.11. The molecule has 10 heteroatoms. The summed E-state index contributed by atoms with van der Waals surface area (Å²) in [5, 5.41) is 10.2. The number of sulfone groups is 1. The maximum absolute atomic E-state index is 13.0. The smallest absolute Gasteiger partial charge is 0.308 e. The maximum atomic E-state index is 13.0. The molecule has 2 amide bonds. The molecule has 210 valence electrons. The molecule has 5 rings (SSSR count). The zero-order valence-corrected chi connectivity index (χ0v) is 24.8. The fourth-order valence-corrected chi connectivity index (χ4v) is 5.01. The average molecular weight is 642 g/mol. The molecule has 0 saturated heterocycles. The van der Waals surface area contributed by atoms with E-state index in [1.165, 1.54) is 18.2 Å². The van der Waals surface area contributed by atoms with Gasteiger partial charge in [0, 0.05) is 45.0 Å². The minimum absolute atomic E-state index is 0.218. The molecular formula is C32H25BrN4O4S. The van der Waals surface area contributed by atoms with Gasteiger partial charge in [-0.25, -0.2) is 17.9 Å². The Morgan fingerprint density at radius 2 is 1.43 bits per heavy atom. The number of urea groups is 1. The number of hydrogen-bond donors (Lipinski definition) is 2. The first-order valence-electron chi connectivity index (χ1n) is 12.8. The zero-order valence-electron chi connectivity index (χ0n) is 22.4. The number of allylic oxidation sites excluding steroid dienone is 1. The third-order valence-corrected chi connectivity index (χ3v) is 7.92. The van der Waals surface area contributed by atoms with E-state index in [9.17, 15) is 18.0 Å². The van der Waals surface area contributed by atoms with Crippen LogP contribution in [0, 0.1) is 0 Å². The lowest BCUT2D eigenvalue weighted by molar-refractivity contribution is 0.104. The molecule has 8 nitrogen and oxygen atoms in total. The van der Waals surface area contributed by atoms with Gasteiger partial charge in [0.15, 0.2) is 15.6 Å². The highest BCUT2D eigenvalue weighted by atomic mass is 79.9. The van der Waals surface area contributed by atoms with Crippen LogP contribution in [0.1, 0.15) is 15.9 Å². The topological polar surface area (TPSA) is 110 Å². The van der Waals surface area contributed by atoms with Gasteiger partial charge in [-0.2, -0.15) is 5.10 Å². The molecule has 0 aliphatic heterocycles. The van der Waals surface area contributed by atoms with E-state index in [0.29, 0.717) is 33.9 Å². The number of halogens is 1. The van der Waals surface area contributed by atoms with E-state index in [1.807, 2.05) is 42.5 Å². The van der Waals surface area contributed by atoms with Crippen LogP contribution in [0.3, 0.4) is 0 Å².